The molecule has 1 amide bonds. The predicted octanol–water partition coefficient (Wildman–Crippen LogP) is 4.87. The topological polar surface area (TPSA) is 29.5 Å². The van der Waals surface area contributed by atoms with Gasteiger partial charge in [0.2, 0.25) is 5.91 Å². The number of carbonyl (C=O) groups excluding carboxylic acids is 1. The molecular formula is C20H17F4NO2S. The average molecular weight is 411 g/mol. The van der Waals surface area contributed by atoms with Crippen LogP contribution in [0.3, 0.4) is 0 Å². The fourth-order valence-electron chi connectivity index (χ4n) is 2.68. The van der Waals surface area contributed by atoms with Gasteiger partial charge in [-0.25, -0.2) is 4.39 Å². The first-order chi connectivity index (χ1) is 13.3. The Morgan fingerprint density at radius 3 is 2.32 bits per heavy atom. The number of nitrogens with zero attached hydrogens (tertiary/aromatic N) is 1. The van der Waals surface area contributed by atoms with Crippen LogP contribution in [0.5, 0.6) is 0 Å². The number of carbonyl (C=O) groups is 1. The van der Waals surface area contributed by atoms with Gasteiger partial charge >= 0.3 is 6.18 Å². The Labute approximate surface area is 164 Å². The summed E-state index contributed by atoms with van der Waals surface area (Å²) >= 11 is 1.10. The third-order valence-corrected chi connectivity index (χ3v) is 5.11. The van der Waals surface area contributed by atoms with E-state index in [-0.39, 0.29) is 11.5 Å². The molecule has 0 aliphatic carbocycles. The van der Waals surface area contributed by atoms with Crippen molar-refractivity contribution in [1.29, 1.82) is 0 Å². The molecule has 0 atom stereocenters. The van der Waals surface area contributed by atoms with Gasteiger partial charge < -0.3 is 9.64 Å². The van der Waals surface area contributed by atoms with Crippen LogP contribution >= 0.6 is 11.8 Å². The molecule has 3 nitrogen and oxygen atoms in total. The molecule has 0 aromatic heterocycles. The van der Waals surface area contributed by atoms with Crippen LogP contribution in [0.25, 0.3) is 6.08 Å². The van der Waals surface area contributed by atoms with Crippen molar-refractivity contribution in [2.75, 3.05) is 26.3 Å². The molecule has 1 fully saturated rings. The minimum Gasteiger partial charge on any atom is -0.378 e. The number of benzene rings is 2. The summed E-state index contributed by atoms with van der Waals surface area (Å²) in [5, 5.41) is 0. The Bertz CT molecular complexity index is 859. The van der Waals surface area contributed by atoms with Crippen molar-refractivity contribution in [3.05, 3.63) is 65.5 Å². The van der Waals surface area contributed by atoms with Gasteiger partial charge in [0.25, 0.3) is 0 Å². The van der Waals surface area contributed by atoms with E-state index in [9.17, 15) is 22.4 Å². The Kier molecular flexibility index (Phi) is 6.41. The highest BCUT2D eigenvalue weighted by Gasteiger charge is 2.33. The predicted molar refractivity (Wildman–Crippen MR) is 98.4 cm³/mol. The number of morpholine rings is 1. The molecule has 1 aliphatic rings. The van der Waals surface area contributed by atoms with Crippen molar-refractivity contribution in [2.45, 2.75) is 16.0 Å². The number of hydrogen-bond donors (Lipinski definition) is 0. The molecule has 0 unspecified atom stereocenters. The third kappa shape index (κ3) is 5.36. The summed E-state index contributed by atoms with van der Waals surface area (Å²) in [5.41, 5.74) is -0.914. The van der Waals surface area contributed by atoms with E-state index < -0.39 is 17.6 Å². The Morgan fingerprint density at radius 1 is 1.04 bits per heavy atom. The zero-order chi connectivity index (χ0) is 20.1. The van der Waals surface area contributed by atoms with Crippen LogP contribution in [0.1, 0.15) is 11.1 Å². The first-order valence-corrected chi connectivity index (χ1v) is 9.34. The van der Waals surface area contributed by atoms with Crippen molar-refractivity contribution in [3.63, 3.8) is 0 Å². The van der Waals surface area contributed by atoms with E-state index >= 15 is 0 Å². The second-order valence-electron chi connectivity index (χ2n) is 6.07. The number of rotatable bonds is 4. The molecular weight excluding hydrogens is 394 g/mol. The fourth-order valence-corrected chi connectivity index (χ4v) is 3.54. The summed E-state index contributed by atoms with van der Waals surface area (Å²) in [6.45, 7) is 1.68. The SMILES string of the molecule is O=C(C=Cc1ccc(Sc2ccc(F)cc2)cc1C(F)(F)F)N1CCOCC1. The first kappa shape index (κ1) is 20.4. The second-order valence-corrected chi connectivity index (χ2v) is 7.22. The lowest BCUT2D eigenvalue weighted by atomic mass is 10.1. The second kappa shape index (κ2) is 8.79. The van der Waals surface area contributed by atoms with E-state index in [1.54, 1.807) is 6.07 Å². The Balaban J connectivity index is 1.81. The van der Waals surface area contributed by atoms with Gasteiger partial charge in [0.15, 0.2) is 0 Å². The summed E-state index contributed by atoms with van der Waals surface area (Å²) < 4.78 is 58.6. The number of alkyl halides is 3. The van der Waals surface area contributed by atoms with Crippen LogP contribution in [0.4, 0.5) is 17.6 Å². The normalized spacial score (nSPS) is 15.2. The number of halogens is 4. The lowest BCUT2D eigenvalue weighted by Gasteiger charge is -2.25. The molecule has 0 radical (unpaired) electrons. The molecule has 1 aliphatic heterocycles. The lowest BCUT2D eigenvalue weighted by molar-refractivity contribution is -0.138. The van der Waals surface area contributed by atoms with Gasteiger partial charge in [0.1, 0.15) is 5.82 Å². The van der Waals surface area contributed by atoms with Crippen molar-refractivity contribution < 1.29 is 27.1 Å². The third-order valence-electron chi connectivity index (χ3n) is 4.11. The molecule has 3 rings (SSSR count). The largest absolute Gasteiger partial charge is 0.417 e. The molecule has 2 aromatic carbocycles. The van der Waals surface area contributed by atoms with Gasteiger partial charge in [0, 0.05) is 29.0 Å². The van der Waals surface area contributed by atoms with Crippen molar-refractivity contribution in [3.8, 4) is 0 Å². The van der Waals surface area contributed by atoms with Crippen LogP contribution < -0.4 is 0 Å². The summed E-state index contributed by atoms with van der Waals surface area (Å²) in [6, 6.07) is 9.42. The van der Waals surface area contributed by atoms with Crippen LogP contribution in [0.15, 0.2) is 58.3 Å². The molecule has 28 heavy (non-hydrogen) atoms. The number of ether oxygens (including phenoxy) is 1. The number of hydrogen-bond acceptors (Lipinski definition) is 3. The fraction of sp³-hybridized carbons (Fsp3) is 0.250. The first-order valence-electron chi connectivity index (χ1n) is 8.52. The summed E-state index contributed by atoms with van der Waals surface area (Å²) in [4.78, 5) is 14.7. The summed E-state index contributed by atoms with van der Waals surface area (Å²) in [6.07, 6.45) is -2.23. The molecule has 0 N–H and O–H groups in total. The molecule has 8 heteroatoms. The highest BCUT2D eigenvalue weighted by Crippen LogP contribution is 2.37. The van der Waals surface area contributed by atoms with E-state index in [1.165, 1.54) is 41.3 Å². The van der Waals surface area contributed by atoms with Gasteiger partial charge in [-0.2, -0.15) is 13.2 Å². The average Bonchev–Trinajstić information content (AvgIpc) is 2.68. The van der Waals surface area contributed by atoms with Gasteiger partial charge in [-0.15, -0.1) is 0 Å². The lowest BCUT2D eigenvalue weighted by Crippen LogP contribution is -2.39. The molecule has 0 saturated carbocycles. The molecule has 2 aromatic rings. The summed E-state index contributed by atoms with van der Waals surface area (Å²) in [5.74, 6) is -0.757. The van der Waals surface area contributed by atoms with Gasteiger partial charge in [-0.3, -0.25) is 4.79 Å². The zero-order valence-electron chi connectivity index (χ0n) is 14.7. The van der Waals surface area contributed by atoms with Gasteiger partial charge in [-0.1, -0.05) is 17.8 Å². The Morgan fingerprint density at radius 2 is 1.68 bits per heavy atom. The molecule has 1 saturated heterocycles. The minimum atomic E-state index is -4.57. The number of amides is 1. The van der Waals surface area contributed by atoms with E-state index in [0.29, 0.717) is 36.1 Å². The van der Waals surface area contributed by atoms with Crippen LogP contribution in [-0.2, 0) is 15.7 Å². The maximum Gasteiger partial charge on any atom is 0.417 e. The maximum absolute atomic E-state index is 13.5. The van der Waals surface area contributed by atoms with Crippen LogP contribution in [0, 0.1) is 5.82 Å². The molecule has 0 bridgehead atoms. The van der Waals surface area contributed by atoms with E-state index in [4.69, 9.17) is 4.74 Å². The van der Waals surface area contributed by atoms with Crippen molar-refractivity contribution >= 4 is 23.7 Å². The smallest absolute Gasteiger partial charge is 0.378 e. The summed E-state index contributed by atoms with van der Waals surface area (Å²) in [7, 11) is 0. The van der Waals surface area contributed by atoms with E-state index in [2.05, 4.69) is 0 Å². The van der Waals surface area contributed by atoms with E-state index in [1.807, 2.05) is 0 Å². The van der Waals surface area contributed by atoms with Gasteiger partial charge in [0.05, 0.1) is 18.8 Å². The molecule has 0 spiro atoms. The quantitative estimate of drug-likeness (QED) is 0.531. The van der Waals surface area contributed by atoms with Crippen LogP contribution in [-0.4, -0.2) is 37.1 Å². The van der Waals surface area contributed by atoms with E-state index in [0.717, 1.165) is 23.9 Å². The minimum absolute atomic E-state index is 0.0856. The molecule has 1 heterocycles. The van der Waals surface area contributed by atoms with Crippen molar-refractivity contribution in [2.24, 2.45) is 0 Å². The Hall–Kier alpha value is -2.32. The molecule has 148 valence electrons. The highest BCUT2D eigenvalue weighted by molar-refractivity contribution is 7.99. The van der Waals surface area contributed by atoms with Crippen molar-refractivity contribution in [1.82, 2.24) is 4.90 Å². The van der Waals surface area contributed by atoms with Crippen LogP contribution in [0.2, 0.25) is 0 Å². The maximum atomic E-state index is 13.5. The van der Waals surface area contributed by atoms with Gasteiger partial charge in [-0.05, 0) is 48.0 Å². The standard InChI is InChI=1S/C20H17F4NO2S/c21-15-3-6-16(7-4-15)28-17-5-1-14(18(13-17)20(22,23)24)2-8-19(26)25-9-11-27-12-10-25/h1-8,13H,9-12H2. The monoisotopic (exact) mass is 411 g/mol. The highest BCUT2D eigenvalue weighted by atomic mass is 32.2. The zero-order valence-corrected chi connectivity index (χ0v) is 15.5.